The highest BCUT2D eigenvalue weighted by Crippen LogP contribution is 2.26. The lowest BCUT2D eigenvalue weighted by Gasteiger charge is -2.10. The van der Waals surface area contributed by atoms with Gasteiger partial charge in [0.15, 0.2) is 0 Å². The molecule has 0 fully saturated rings. The summed E-state index contributed by atoms with van der Waals surface area (Å²) in [5.74, 6) is 0.631. The summed E-state index contributed by atoms with van der Waals surface area (Å²) in [5, 5.41) is 17.8. The predicted molar refractivity (Wildman–Crippen MR) is 88.9 cm³/mol. The Morgan fingerprint density at radius 3 is 2.45 bits per heavy atom. The zero-order valence-corrected chi connectivity index (χ0v) is 13.6. The molecular weight excluding hydrogens is 340 g/mol. The number of nitriles is 2. The first kappa shape index (κ1) is 15.8. The molecule has 0 heterocycles. The molecule has 0 saturated heterocycles. The van der Waals surface area contributed by atoms with Gasteiger partial charge in [0, 0.05) is 10.0 Å². The zero-order chi connectivity index (χ0) is 15.9. The van der Waals surface area contributed by atoms with Crippen LogP contribution in [0.15, 0.2) is 52.5 Å². The number of rotatable bonds is 4. The van der Waals surface area contributed by atoms with Crippen LogP contribution in [-0.4, -0.2) is 0 Å². The van der Waals surface area contributed by atoms with Crippen molar-refractivity contribution in [1.29, 1.82) is 10.5 Å². The van der Waals surface area contributed by atoms with E-state index in [0.717, 1.165) is 10.0 Å². The Hall–Kier alpha value is -2.56. The van der Waals surface area contributed by atoms with Crippen LogP contribution < -0.4 is 4.74 Å². The third kappa shape index (κ3) is 4.22. The maximum Gasteiger partial charge on any atom is 0.130 e. The van der Waals surface area contributed by atoms with E-state index in [2.05, 4.69) is 15.9 Å². The van der Waals surface area contributed by atoms with E-state index in [0.29, 0.717) is 17.9 Å². The van der Waals surface area contributed by atoms with Crippen molar-refractivity contribution in [3.05, 3.63) is 69.2 Å². The zero-order valence-electron chi connectivity index (χ0n) is 12.0. The number of hydrogen-bond donors (Lipinski definition) is 0. The van der Waals surface area contributed by atoms with E-state index in [1.165, 1.54) is 11.6 Å². The molecule has 22 heavy (non-hydrogen) atoms. The number of hydrogen-bond acceptors (Lipinski definition) is 3. The summed E-state index contributed by atoms with van der Waals surface area (Å²) in [4.78, 5) is 0. The molecular formula is C18H13BrN2O. The van der Waals surface area contributed by atoms with Crippen LogP contribution in [0.1, 0.15) is 16.7 Å². The molecule has 2 aromatic carbocycles. The van der Waals surface area contributed by atoms with Crippen molar-refractivity contribution >= 4 is 22.0 Å². The molecule has 2 aromatic rings. The first-order valence-electron chi connectivity index (χ1n) is 6.62. The molecule has 0 radical (unpaired) electrons. The van der Waals surface area contributed by atoms with Gasteiger partial charge in [-0.05, 0) is 36.8 Å². The molecule has 108 valence electrons. The Kier molecular flexibility index (Phi) is 5.36. The molecule has 0 aliphatic carbocycles. The van der Waals surface area contributed by atoms with E-state index in [1.54, 1.807) is 0 Å². The summed E-state index contributed by atoms with van der Waals surface area (Å²) in [6, 6.07) is 17.3. The normalized spacial score (nSPS) is 9.45. The first-order valence-corrected chi connectivity index (χ1v) is 7.41. The van der Waals surface area contributed by atoms with Gasteiger partial charge in [-0.25, -0.2) is 0 Å². The highest BCUT2D eigenvalue weighted by molar-refractivity contribution is 9.10. The van der Waals surface area contributed by atoms with Crippen molar-refractivity contribution in [3.8, 4) is 17.9 Å². The van der Waals surface area contributed by atoms with E-state index in [4.69, 9.17) is 15.3 Å². The molecule has 0 saturated carbocycles. The predicted octanol–water partition coefficient (Wildman–Crippen LogP) is 4.77. The quantitative estimate of drug-likeness (QED) is 0.744. The van der Waals surface area contributed by atoms with Crippen LogP contribution in [-0.2, 0) is 6.61 Å². The summed E-state index contributed by atoms with van der Waals surface area (Å²) >= 11 is 3.38. The highest BCUT2D eigenvalue weighted by atomic mass is 79.9. The van der Waals surface area contributed by atoms with Crippen LogP contribution in [0.25, 0.3) is 6.08 Å². The Morgan fingerprint density at radius 2 is 1.82 bits per heavy atom. The van der Waals surface area contributed by atoms with Crippen LogP contribution in [0.4, 0.5) is 0 Å². The van der Waals surface area contributed by atoms with Gasteiger partial charge in [0.05, 0.1) is 0 Å². The molecule has 0 aliphatic rings. The van der Waals surface area contributed by atoms with E-state index in [9.17, 15) is 0 Å². The molecule has 4 heteroatoms. The van der Waals surface area contributed by atoms with Crippen molar-refractivity contribution in [2.75, 3.05) is 0 Å². The smallest absolute Gasteiger partial charge is 0.130 e. The van der Waals surface area contributed by atoms with E-state index in [1.807, 2.05) is 61.5 Å². The van der Waals surface area contributed by atoms with Gasteiger partial charge in [-0.15, -0.1) is 0 Å². The van der Waals surface area contributed by atoms with Crippen LogP contribution >= 0.6 is 15.9 Å². The number of nitrogens with zero attached hydrogens (tertiary/aromatic N) is 2. The second kappa shape index (κ2) is 7.45. The molecule has 0 spiro atoms. The van der Waals surface area contributed by atoms with Crippen molar-refractivity contribution in [2.24, 2.45) is 0 Å². The lowest BCUT2D eigenvalue weighted by molar-refractivity contribution is 0.305. The maximum absolute atomic E-state index is 8.89. The van der Waals surface area contributed by atoms with Gasteiger partial charge in [-0.1, -0.05) is 45.8 Å². The Balaban J connectivity index is 2.24. The fourth-order valence-electron chi connectivity index (χ4n) is 1.85. The summed E-state index contributed by atoms with van der Waals surface area (Å²) in [7, 11) is 0. The van der Waals surface area contributed by atoms with Crippen LogP contribution in [0.3, 0.4) is 0 Å². The van der Waals surface area contributed by atoms with Gasteiger partial charge in [0.1, 0.15) is 30.1 Å². The lowest BCUT2D eigenvalue weighted by atomic mass is 10.1. The van der Waals surface area contributed by atoms with Crippen molar-refractivity contribution < 1.29 is 4.74 Å². The van der Waals surface area contributed by atoms with Gasteiger partial charge >= 0.3 is 0 Å². The minimum absolute atomic E-state index is 0.0401. The summed E-state index contributed by atoms with van der Waals surface area (Å²) < 4.78 is 6.68. The van der Waals surface area contributed by atoms with Crippen LogP contribution in [0.2, 0.25) is 0 Å². The van der Waals surface area contributed by atoms with E-state index < -0.39 is 0 Å². The number of halogens is 1. The second-order valence-corrected chi connectivity index (χ2v) is 5.65. The van der Waals surface area contributed by atoms with Gasteiger partial charge < -0.3 is 4.74 Å². The van der Waals surface area contributed by atoms with Gasteiger partial charge in [0.2, 0.25) is 0 Å². The summed E-state index contributed by atoms with van der Waals surface area (Å²) in [5.41, 5.74) is 2.99. The molecule has 0 amide bonds. The maximum atomic E-state index is 8.89. The molecule has 0 bridgehead atoms. The minimum Gasteiger partial charge on any atom is -0.488 e. The van der Waals surface area contributed by atoms with E-state index in [-0.39, 0.29) is 5.57 Å². The third-order valence-corrected chi connectivity index (χ3v) is 3.52. The Morgan fingerprint density at radius 1 is 1.14 bits per heavy atom. The topological polar surface area (TPSA) is 56.8 Å². The minimum atomic E-state index is 0.0401. The van der Waals surface area contributed by atoms with Gasteiger partial charge in [0.25, 0.3) is 0 Å². The average molecular weight is 353 g/mol. The molecule has 0 atom stereocenters. The van der Waals surface area contributed by atoms with Crippen LogP contribution in [0.5, 0.6) is 5.75 Å². The number of benzene rings is 2. The lowest BCUT2D eigenvalue weighted by Crippen LogP contribution is -1.97. The summed E-state index contributed by atoms with van der Waals surface area (Å²) in [6.07, 6.45) is 1.52. The molecule has 2 rings (SSSR count). The monoisotopic (exact) mass is 352 g/mol. The third-order valence-electron chi connectivity index (χ3n) is 3.03. The largest absolute Gasteiger partial charge is 0.488 e. The fraction of sp³-hybridized carbons (Fsp3) is 0.111. The molecule has 0 aromatic heterocycles. The molecule has 0 N–H and O–H groups in total. The molecule has 0 aliphatic heterocycles. The summed E-state index contributed by atoms with van der Waals surface area (Å²) in [6.45, 7) is 2.46. The van der Waals surface area contributed by atoms with Crippen molar-refractivity contribution in [3.63, 3.8) is 0 Å². The van der Waals surface area contributed by atoms with E-state index >= 15 is 0 Å². The van der Waals surface area contributed by atoms with Crippen molar-refractivity contribution in [1.82, 2.24) is 0 Å². The fourth-order valence-corrected chi connectivity index (χ4v) is 2.23. The number of aryl methyl sites for hydroxylation is 1. The molecule has 0 unspecified atom stereocenters. The average Bonchev–Trinajstić information content (AvgIpc) is 2.53. The Labute approximate surface area is 138 Å². The Bertz CT molecular complexity index is 764. The number of allylic oxidation sites excluding steroid dienone is 1. The van der Waals surface area contributed by atoms with Crippen LogP contribution in [0, 0.1) is 29.6 Å². The van der Waals surface area contributed by atoms with Crippen molar-refractivity contribution in [2.45, 2.75) is 13.5 Å². The SMILES string of the molecule is Cc1ccc(COc2ccc(Br)cc2C=C(C#N)C#N)cc1. The van der Waals surface area contributed by atoms with Gasteiger partial charge in [-0.2, -0.15) is 10.5 Å². The first-order chi connectivity index (χ1) is 10.6. The molecule has 3 nitrogen and oxygen atoms in total. The standard InChI is InChI=1S/C18H13BrN2O/c1-13-2-4-14(5-3-13)12-22-18-7-6-17(19)9-16(18)8-15(10-20)11-21/h2-9H,12H2,1H3. The highest BCUT2D eigenvalue weighted by Gasteiger charge is 2.05. The second-order valence-electron chi connectivity index (χ2n) is 4.74. The van der Waals surface area contributed by atoms with Gasteiger partial charge in [-0.3, -0.25) is 0 Å². The number of ether oxygens (including phenoxy) is 1.